The summed E-state index contributed by atoms with van der Waals surface area (Å²) in [6.07, 6.45) is -0.0473. The maximum Gasteiger partial charge on any atom is 0.281 e. The fourth-order valence-electron chi connectivity index (χ4n) is 2.99. The van der Waals surface area contributed by atoms with Crippen molar-refractivity contribution < 1.29 is 18.8 Å². The number of rotatable bonds is 2. The number of halogens is 3. The van der Waals surface area contributed by atoms with Crippen LogP contribution < -0.4 is 4.90 Å². The Bertz CT molecular complexity index is 983. The fourth-order valence-corrected chi connectivity index (χ4v) is 3.51. The van der Waals surface area contributed by atoms with Gasteiger partial charge in [0.15, 0.2) is 0 Å². The van der Waals surface area contributed by atoms with Crippen molar-refractivity contribution in [3.63, 3.8) is 0 Å². The summed E-state index contributed by atoms with van der Waals surface area (Å²) in [7, 11) is 0. The molecule has 9 heteroatoms. The largest absolute Gasteiger partial charge is 0.378 e. The molecule has 1 saturated heterocycles. The summed E-state index contributed by atoms with van der Waals surface area (Å²) in [5.41, 5.74) is -0.177. The van der Waals surface area contributed by atoms with E-state index in [-0.39, 0.29) is 23.6 Å². The van der Waals surface area contributed by atoms with Crippen LogP contribution in [0.2, 0.25) is 5.02 Å². The van der Waals surface area contributed by atoms with Crippen LogP contribution in [0.5, 0.6) is 0 Å². The van der Waals surface area contributed by atoms with Crippen LogP contribution in [0.1, 0.15) is 18.5 Å². The third-order valence-corrected chi connectivity index (χ3v) is 4.97. The lowest BCUT2D eigenvalue weighted by atomic mass is 9.94. The zero-order chi connectivity index (χ0) is 18.5. The molecule has 2 aliphatic rings. The first-order chi connectivity index (χ1) is 12.4. The van der Waals surface area contributed by atoms with E-state index in [0.717, 1.165) is 11.0 Å². The highest BCUT2D eigenvalue weighted by Crippen LogP contribution is 2.39. The van der Waals surface area contributed by atoms with Crippen molar-refractivity contribution in [1.29, 1.82) is 0 Å². The molecule has 2 aliphatic heterocycles. The number of aromatic nitrogens is 1. The Morgan fingerprint density at radius 3 is 2.77 bits per heavy atom. The van der Waals surface area contributed by atoms with Gasteiger partial charge < -0.3 is 4.84 Å². The molecule has 1 aromatic heterocycles. The number of hydrogen-bond acceptors (Lipinski definition) is 5. The van der Waals surface area contributed by atoms with Crippen LogP contribution in [0, 0.1) is 5.82 Å². The number of hydrogen-bond donors (Lipinski definition) is 0. The molecule has 6 nitrogen and oxygen atoms in total. The SMILES string of the molecule is O=C1C[C@]2(CC(c3cccc(Br)n3)=NO2)C(=O)N1c1ccc(F)c(Cl)c1. The van der Waals surface area contributed by atoms with Gasteiger partial charge in [-0.3, -0.25) is 9.59 Å². The van der Waals surface area contributed by atoms with E-state index in [2.05, 4.69) is 26.1 Å². The highest BCUT2D eigenvalue weighted by Gasteiger charge is 2.58. The van der Waals surface area contributed by atoms with Gasteiger partial charge in [-0.1, -0.05) is 22.8 Å². The highest BCUT2D eigenvalue weighted by atomic mass is 79.9. The molecular weight excluding hydrogens is 429 g/mol. The summed E-state index contributed by atoms with van der Waals surface area (Å²) < 4.78 is 14.0. The van der Waals surface area contributed by atoms with Crippen molar-refractivity contribution in [3.05, 3.63) is 57.5 Å². The van der Waals surface area contributed by atoms with Crippen LogP contribution in [0.15, 0.2) is 46.2 Å². The second-order valence-electron chi connectivity index (χ2n) is 5.96. The van der Waals surface area contributed by atoms with Gasteiger partial charge in [-0.2, -0.15) is 0 Å². The van der Waals surface area contributed by atoms with Gasteiger partial charge in [-0.25, -0.2) is 14.3 Å². The van der Waals surface area contributed by atoms with Gasteiger partial charge >= 0.3 is 0 Å². The van der Waals surface area contributed by atoms with Gasteiger partial charge in [-0.15, -0.1) is 0 Å². The first-order valence-electron chi connectivity index (χ1n) is 7.60. The molecule has 26 heavy (non-hydrogen) atoms. The molecule has 1 aromatic carbocycles. The van der Waals surface area contributed by atoms with E-state index in [4.69, 9.17) is 16.4 Å². The Balaban J connectivity index is 1.63. The minimum Gasteiger partial charge on any atom is -0.378 e. The summed E-state index contributed by atoms with van der Waals surface area (Å²) in [6.45, 7) is 0. The molecule has 2 amide bonds. The minimum absolute atomic E-state index is 0.118. The molecular formula is C17H10BrClFN3O3. The molecule has 0 radical (unpaired) electrons. The molecule has 0 aliphatic carbocycles. The van der Waals surface area contributed by atoms with Gasteiger partial charge in [0.1, 0.15) is 16.1 Å². The summed E-state index contributed by atoms with van der Waals surface area (Å²) in [6, 6.07) is 8.95. The average molecular weight is 439 g/mol. The number of amides is 2. The molecule has 0 bridgehead atoms. The number of benzene rings is 1. The lowest BCUT2D eigenvalue weighted by Gasteiger charge is -2.19. The van der Waals surface area contributed by atoms with Crippen molar-refractivity contribution in [2.24, 2.45) is 5.16 Å². The normalized spacial score (nSPS) is 22.1. The third-order valence-electron chi connectivity index (χ3n) is 4.23. The molecule has 1 atom stereocenters. The standard InChI is InChI=1S/C17H10BrClFN3O3/c18-14-3-1-2-12(21-14)13-7-17(26-22-13)8-15(24)23(16(17)25)9-4-5-11(20)10(19)6-9/h1-6H,7-8H2/t17-/m1/s1. The van der Waals surface area contributed by atoms with E-state index in [1.807, 2.05) is 0 Å². The van der Waals surface area contributed by atoms with Gasteiger partial charge in [-0.05, 0) is 46.3 Å². The zero-order valence-electron chi connectivity index (χ0n) is 13.1. The van der Waals surface area contributed by atoms with Crippen LogP contribution in [0.25, 0.3) is 0 Å². The monoisotopic (exact) mass is 437 g/mol. The maximum absolute atomic E-state index is 13.4. The molecule has 0 saturated carbocycles. The van der Waals surface area contributed by atoms with Crippen LogP contribution in [-0.2, 0) is 14.4 Å². The molecule has 132 valence electrons. The van der Waals surface area contributed by atoms with E-state index in [9.17, 15) is 14.0 Å². The zero-order valence-corrected chi connectivity index (χ0v) is 15.4. The number of carbonyl (C=O) groups is 2. The summed E-state index contributed by atoms with van der Waals surface area (Å²) in [4.78, 5) is 36.0. The highest BCUT2D eigenvalue weighted by molar-refractivity contribution is 9.10. The Kier molecular flexibility index (Phi) is 4.04. The molecule has 1 fully saturated rings. The molecule has 4 rings (SSSR count). The summed E-state index contributed by atoms with van der Waals surface area (Å²) in [5.74, 6) is -1.65. The van der Waals surface area contributed by atoms with Gasteiger partial charge in [0, 0.05) is 6.42 Å². The van der Waals surface area contributed by atoms with Crippen LogP contribution >= 0.6 is 27.5 Å². The predicted molar refractivity (Wildman–Crippen MR) is 95.4 cm³/mol. The van der Waals surface area contributed by atoms with E-state index in [1.165, 1.54) is 12.1 Å². The number of nitrogens with zero attached hydrogens (tertiary/aromatic N) is 3. The minimum atomic E-state index is -1.41. The first-order valence-corrected chi connectivity index (χ1v) is 8.77. The quantitative estimate of drug-likeness (QED) is 0.532. The first kappa shape index (κ1) is 17.1. The summed E-state index contributed by atoms with van der Waals surface area (Å²) >= 11 is 9.05. The topological polar surface area (TPSA) is 71.9 Å². The number of pyridine rings is 1. The Morgan fingerprint density at radius 2 is 2.04 bits per heavy atom. The number of anilines is 1. The van der Waals surface area contributed by atoms with E-state index in [0.29, 0.717) is 16.0 Å². The molecule has 3 heterocycles. The molecule has 1 spiro atoms. The smallest absolute Gasteiger partial charge is 0.281 e. The Morgan fingerprint density at radius 1 is 1.23 bits per heavy atom. The van der Waals surface area contributed by atoms with E-state index < -0.39 is 23.2 Å². The number of carbonyl (C=O) groups excluding carboxylic acids is 2. The molecule has 0 unspecified atom stereocenters. The van der Waals surface area contributed by atoms with Crippen molar-refractivity contribution in [2.45, 2.75) is 18.4 Å². The summed E-state index contributed by atoms with van der Waals surface area (Å²) in [5, 5.41) is 3.80. The second-order valence-corrected chi connectivity index (χ2v) is 7.18. The second kappa shape index (κ2) is 6.14. The molecule has 2 aromatic rings. The van der Waals surface area contributed by atoms with Crippen LogP contribution in [-0.4, -0.2) is 28.1 Å². The predicted octanol–water partition coefficient (Wildman–Crippen LogP) is 3.46. The van der Waals surface area contributed by atoms with Crippen LogP contribution in [0.3, 0.4) is 0 Å². The lowest BCUT2D eigenvalue weighted by molar-refractivity contribution is -0.136. The van der Waals surface area contributed by atoms with Crippen molar-refractivity contribution in [2.75, 3.05) is 4.90 Å². The maximum atomic E-state index is 13.4. The van der Waals surface area contributed by atoms with Crippen LogP contribution in [0.4, 0.5) is 10.1 Å². The van der Waals surface area contributed by atoms with Crippen molar-refractivity contribution in [3.8, 4) is 0 Å². The van der Waals surface area contributed by atoms with Gasteiger partial charge in [0.05, 0.1) is 22.8 Å². The third kappa shape index (κ3) is 2.69. The lowest BCUT2D eigenvalue weighted by Crippen LogP contribution is -2.40. The van der Waals surface area contributed by atoms with Gasteiger partial charge in [0.2, 0.25) is 11.5 Å². The molecule has 0 N–H and O–H groups in total. The number of oxime groups is 1. The van der Waals surface area contributed by atoms with E-state index >= 15 is 0 Å². The van der Waals surface area contributed by atoms with Crippen molar-refractivity contribution in [1.82, 2.24) is 4.98 Å². The van der Waals surface area contributed by atoms with E-state index in [1.54, 1.807) is 18.2 Å². The average Bonchev–Trinajstić information content (AvgIpc) is 3.13. The Hall–Kier alpha value is -2.32. The Labute approximate surface area is 160 Å². The van der Waals surface area contributed by atoms with Gasteiger partial charge in [0.25, 0.3) is 5.91 Å². The number of imide groups is 1. The van der Waals surface area contributed by atoms with Crippen molar-refractivity contribution >= 4 is 50.7 Å². The fraction of sp³-hybridized carbons (Fsp3) is 0.176.